The summed E-state index contributed by atoms with van der Waals surface area (Å²) >= 11 is 0. The van der Waals surface area contributed by atoms with Crippen molar-refractivity contribution in [3.05, 3.63) is 83.6 Å². The van der Waals surface area contributed by atoms with Crippen LogP contribution < -0.4 is 45.7 Å². The number of aromatic nitrogens is 1. The van der Waals surface area contributed by atoms with Gasteiger partial charge >= 0.3 is 29.6 Å². The van der Waals surface area contributed by atoms with Crippen LogP contribution in [0.3, 0.4) is 0 Å². The van der Waals surface area contributed by atoms with Gasteiger partial charge in [0.2, 0.25) is 0 Å². The molecule has 0 spiro atoms. The fourth-order valence-electron chi connectivity index (χ4n) is 5.06. The van der Waals surface area contributed by atoms with Crippen molar-refractivity contribution in [3.63, 3.8) is 0 Å². The number of hydrogen-bond donors (Lipinski definition) is 4. The number of rotatable bonds is 14. The summed E-state index contributed by atoms with van der Waals surface area (Å²) in [6.45, 7) is 5.09. The second-order valence-electron chi connectivity index (χ2n) is 10.6. The number of amides is 1. The van der Waals surface area contributed by atoms with Crippen LogP contribution in [0.2, 0.25) is 0 Å². The Morgan fingerprint density at radius 3 is 2.16 bits per heavy atom. The molecule has 0 saturated carbocycles. The maximum Gasteiger partial charge on any atom is 1.00 e. The van der Waals surface area contributed by atoms with Crippen molar-refractivity contribution in [2.45, 2.75) is 64.7 Å². The van der Waals surface area contributed by atoms with Gasteiger partial charge in [0.05, 0.1) is 18.8 Å². The minimum Gasteiger partial charge on any atom is -0.550 e. The van der Waals surface area contributed by atoms with Crippen molar-refractivity contribution < 1.29 is 63.7 Å². The fourth-order valence-corrected chi connectivity index (χ4v) is 5.06. The van der Waals surface area contributed by atoms with Crippen molar-refractivity contribution in [3.8, 4) is 22.3 Å². The molecular formula is C32H37FN3NaO6. The van der Waals surface area contributed by atoms with E-state index in [1.165, 1.54) is 18.2 Å². The minimum absolute atomic E-state index is 0. The number of nitrogens with two attached hydrogens (primary N) is 1. The Bertz CT molecular complexity index is 1430. The van der Waals surface area contributed by atoms with Gasteiger partial charge in [-0.25, -0.2) is 4.39 Å². The van der Waals surface area contributed by atoms with Crippen LogP contribution in [0.5, 0.6) is 0 Å². The summed E-state index contributed by atoms with van der Waals surface area (Å²) in [6, 6.07) is 14.8. The number of nitrogens with one attached hydrogen (secondary N) is 1. The molecule has 5 N–H and O–H groups in total. The molecule has 2 atom stereocenters. The Labute approximate surface area is 272 Å². The third-order valence-electron chi connectivity index (χ3n) is 6.71. The first-order valence-corrected chi connectivity index (χ1v) is 13.8. The smallest absolute Gasteiger partial charge is 0.550 e. The SMILES string of the molecule is C/C(N)=C/C(=O)CNC(=O)c1c(-c2ccccc2)c(-c2ccc(F)cc2)c(CC[C@@H](O)C[C@@H](O)CC(=O)[O-])n1C(C)C.[Na+]. The molecule has 9 nitrogen and oxygen atoms in total. The number of carbonyl (C=O) groups is 3. The summed E-state index contributed by atoms with van der Waals surface area (Å²) in [4.78, 5) is 37.0. The van der Waals surface area contributed by atoms with Crippen LogP contribution in [0.1, 0.15) is 62.3 Å². The Morgan fingerprint density at radius 2 is 1.60 bits per heavy atom. The van der Waals surface area contributed by atoms with Gasteiger partial charge in [0.25, 0.3) is 5.91 Å². The number of benzene rings is 2. The van der Waals surface area contributed by atoms with E-state index in [-0.39, 0.29) is 67.2 Å². The average molecular weight is 602 g/mol. The predicted molar refractivity (Wildman–Crippen MR) is 156 cm³/mol. The molecule has 11 heteroatoms. The number of ketones is 1. The van der Waals surface area contributed by atoms with Gasteiger partial charge < -0.3 is 35.7 Å². The molecule has 224 valence electrons. The molecular weight excluding hydrogens is 564 g/mol. The van der Waals surface area contributed by atoms with Crippen LogP contribution >= 0.6 is 0 Å². The van der Waals surface area contributed by atoms with Crippen LogP contribution in [0.4, 0.5) is 4.39 Å². The molecule has 0 radical (unpaired) electrons. The van der Waals surface area contributed by atoms with Gasteiger partial charge in [0.15, 0.2) is 5.78 Å². The zero-order chi connectivity index (χ0) is 31.0. The van der Waals surface area contributed by atoms with Crippen molar-refractivity contribution in [2.24, 2.45) is 5.73 Å². The zero-order valence-electron chi connectivity index (χ0n) is 25.0. The summed E-state index contributed by atoms with van der Waals surface area (Å²) < 4.78 is 15.8. The van der Waals surface area contributed by atoms with Crippen LogP contribution in [0.15, 0.2) is 66.4 Å². The Morgan fingerprint density at radius 1 is 1.00 bits per heavy atom. The minimum atomic E-state index is -1.42. The topological polar surface area (TPSA) is 158 Å². The third-order valence-corrected chi connectivity index (χ3v) is 6.71. The maximum atomic E-state index is 14.0. The summed E-state index contributed by atoms with van der Waals surface area (Å²) in [5.41, 5.74) is 9.49. The molecule has 0 fully saturated rings. The molecule has 3 rings (SSSR count). The number of hydrogen-bond acceptors (Lipinski definition) is 7. The Kier molecular flexibility index (Phi) is 13.8. The number of nitrogens with zero attached hydrogens (tertiary/aromatic N) is 1. The average Bonchev–Trinajstić information content (AvgIpc) is 3.26. The number of halogens is 1. The van der Waals surface area contributed by atoms with Crippen molar-refractivity contribution in [2.75, 3.05) is 6.54 Å². The largest absolute Gasteiger partial charge is 1.00 e. The molecule has 0 aliphatic heterocycles. The number of aliphatic hydroxyl groups is 2. The molecule has 0 saturated heterocycles. The first kappa shape index (κ1) is 35.9. The van der Waals surface area contributed by atoms with Crippen LogP contribution in [0, 0.1) is 5.82 Å². The van der Waals surface area contributed by atoms with E-state index in [1.54, 1.807) is 19.1 Å². The Hall–Kier alpha value is -3.28. The molecule has 0 bridgehead atoms. The van der Waals surface area contributed by atoms with E-state index < -0.39 is 36.3 Å². The number of aliphatic carboxylic acids is 1. The summed E-state index contributed by atoms with van der Waals surface area (Å²) in [6.07, 6.45) is -1.46. The zero-order valence-corrected chi connectivity index (χ0v) is 27.0. The number of carboxylic acid groups (broad SMARTS) is 1. The first-order chi connectivity index (χ1) is 19.9. The van der Waals surface area contributed by atoms with Crippen LogP contribution in [-0.2, 0) is 16.0 Å². The second kappa shape index (κ2) is 16.5. The maximum absolute atomic E-state index is 14.0. The van der Waals surface area contributed by atoms with Crippen molar-refractivity contribution in [1.29, 1.82) is 0 Å². The number of carbonyl (C=O) groups excluding carboxylic acids is 3. The van der Waals surface area contributed by atoms with Gasteiger partial charge in [0, 0.05) is 47.0 Å². The molecule has 0 aliphatic rings. The summed E-state index contributed by atoms with van der Waals surface area (Å²) in [7, 11) is 0. The predicted octanol–water partition coefficient (Wildman–Crippen LogP) is -0.108. The second-order valence-corrected chi connectivity index (χ2v) is 10.6. The molecule has 1 heterocycles. The quantitative estimate of drug-likeness (QED) is 0.148. The summed E-state index contributed by atoms with van der Waals surface area (Å²) in [5.74, 6) is -2.72. The van der Waals surface area contributed by atoms with E-state index in [1.807, 2.05) is 48.7 Å². The van der Waals surface area contributed by atoms with E-state index >= 15 is 0 Å². The molecule has 43 heavy (non-hydrogen) atoms. The molecule has 1 amide bonds. The third kappa shape index (κ3) is 9.87. The molecule has 2 aromatic carbocycles. The summed E-state index contributed by atoms with van der Waals surface area (Å²) in [5, 5.41) is 34.2. The molecule has 1 aromatic heterocycles. The van der Waals surface area contributed by atoms with Gasteiger partial charge in [-0.05, 0) is 63.3 Å². The van der Waals surface area contributed by atoms with Crippen LogP contribution in [-0.4, -0.2) is 51.2 Å². The van der Waals surface area contributed by atoms with Crippen molar-refractivity contribution >= 4 is 17.7 Å². The standard InChI is InChI=1S/C32H38FN3O6.Na/c1-19(2)36-27(14-13-24(37)16-25(38)17-28(40)41)29(22-9-11-23(33)12-10-22)30(21-7-5-4-6-8-21)31(36)32(42)35-18-26(39)15-20(3)34;/h4-12,15,19,24-25,37-38H,13-14,16-18,34H2,1-3H3,(H,35,42)(H,40,41);/q;+1/p-1/b20-15-;/t24-,25-;/m1./s1. The Balaban J connectivity index is 0.00000645. The van der Waals surface area contributed by atoms with Crippen LogP contribution in [0.25, 0.3) is 22.3 Å². The van der Waals surface area contributed by atoms with E-state index in [4.69, 9.17) is 5.73 Å². The molecule has 3 aromatic rings. The van der Waals surface area contributed by atoms with Gasteiger partial charge in [-0.15, -0.1) is 0 Å². The van der Waals surface area contributed by atoms with Gasteiger partial charge in [0.1, 0.15) is 11.5 Å². The van der Waals surface area contributed by atoms with Gasteiger partial charge in [-0.3, -0.25) is 9.59 Å². The van der Waals surface area contributed by atoms with Gasteiger partial charge in [-0.2, -0.15) is 0 Å². The number of allylic oxidation sites excluding steroid dienone is 1. The van der Waals surface area contributed by atoms with Gasteiger partial charge in [-0.1, -0.05) is 42.5 Å². The monoisotopic (exact) mass is 601 g/mol. The number of carboxylic acids is 1. The van der Waals surface area contributed by atoms with Crippen molar-refractivity contribution in [1.82, 2.24) is 9.88 Å². The van der Waals surface area contributed by atoms with E-state index in [0.29, 0.717) is 33.8 Å². The molecule has 0 unspecified atom stereocenters. The van der Waals surface area contributed by atoms with E-state index in [0.717, 1.165) is 5.56 Å². The fraction of sp³-hybridized carbons (Fsp3) is 0.344. The number of aliphatic hydroxyl groups excluding tert-OH is 2. The van der Waals surface area contributed by atoms with E-state index in [9.17, 15) is 34.1 Å². The molecule has 0 aliphatic carbocycles. The normalized spacial score (nSPS) is 12.9. The van der Waals surface area contributed by atoms with E-state index in [2.05, 4.69) is 5.32 Å². The first-order valence-electron chi connectivity index (χ1n) is 13.8.